The SMILES string of the molecule is Cc1ccc2c(c1)C(N1CC(CN)CC1C)CC2. The van der Waals surface area contributed by atoms with Crippen LogP contribution in [0, 0.1) is 12.8 Å². The van der Waals surface area contributed by atoms with Crippen molar-refractivity contribution in [1.29, 1.82) is 0 Å². The van der Waals surface area contributed by atoms with Crippen molar-refractivity contribution in [3.05, 3.63) is 34.9 Å². The van der Waals surface area contributed by atoms with Crippen LogP contribution in [0.4, 0.5) is 0 Å². The third-order valence-electron chi connectivity index (χ3n) is 4.79. The number of nitrogens with zero attached hydrogens (tertiary/aromatic N) is 1. The summed E-state index contributed by atoms with van der Waals surface area (Å²) >= 11 is 0. The van der Waals surface area contributed by atoms with Gasteiger partial charge in [-0.25, -0.2) is 0 Å². The molecule has 1 saturated heterocycles. The van der Waals surface area contributed by atoms with E-state index in [1.165, 1.54) is 31.4 Å². The number of hydrogen-bond acceptors (Lipinski definition) is 2. The monoisotopic (exact) mass is 244 g/mol. The molecular weight excluding hydrogens is 220 g/mol. The quantitative estimate of drug-likeness (QED) is 0.866. The Balaban J connectivity index is 1.86. The summed E-state index contributed by atoms with van der Waals surface area (Å²) in [5.41, 5.74) is 10.4. The van der Waals surface area contributed by atoms with Crippen LogP contribution in [0.15, 0.2) is 18.2 Å². The minimum atomic E-state index is 0.645. The summed E-state index contributed by atoms with van der Waals surface area (Å²) < 4.78 is 0. The van der Waals surface area contributed by atoms with Gasteiger partial charge in [-0.1, -0.05) is 23.8 Å². The molecule has 3 rings (SSSR count). The molecule has 98 valence electrons. The molecule has 1 fully saturated rings. The van der Waals surface area contributed by atoms with Crippen molar-refractivity contribution >= 4 is 0 Å². The molecule has 0 aromatic heterocycles. The van der Waals surface area contributed by atoms with Crippen LogP contribution in [0.5, 0.6) is 0 Å². The number of rotatable bonds is 2. The highest BCUT2D eigenvalue weighted by Gasteiger charge is 2.36. The summed E-state index contributed by atoms with van der Waals surface area (Å²) in [6.07, 6.45) is 3.81. The average molecular weight is 244 g/mol. The van der Waals surface area contributed by atoms with Gasteiger partial charge in [0.15, 0.2) is 0 Å². The van der Waals surface area contributed by atoms with Gasteiger partial charge in [-0.2, -0.15) is 0 Å². The predicted octanol–water partition coefficient (Wildman–Crippen LogP) is 2.65. The predicted molar refractivity (Wildman–Crippen MR) is 75.6 cm³/mol. The Labute approximate surface area is 110 Å². The molecular formula is C16H24N2. The van der Waals surface area contributed by atoms with E-state index in [4.69, 9.17) is 5.73 Å². The molecule has 0 bridgehead atoms. The lowest BCUT2D eigenvalue weighted by molar-refractivity contribution is 0.187. The van der Waals surface area contributed by atoms with E-state index in [9.17, 15) is 0 Å². The van der Waals surface area contributed by atoms with Gasteiger partial charge in [0.25, 0.3) is 0 Å². The summed E-state index contributed by atoms with van der Waals surface area (Å²) in [4.78, 5) is 2.70. The zero-order chi connectivity index (χ0) is 12.7. The highest BCUT2D eigenvalue weighted by molar-refractivity contribution is 5.38. The van der Waals surface area contributed by atoms with Crippen molar-refractivity contribution in [3.8, 4) is 0 Å². The summed E-state index contributed by atoms with van der Waals surface area (Å²) in [6, 6.07) is 8.31. The number of hydrogen-bond donors (Lipinski definition) is 1. The molecule has 1 aliphatic heterocycles. The molecule has 1 aromatic carbocycles. The van der Waals surface area contributed by atoms with Crippen molar-refractivity contribution in [2.24, 2.45) is 11.7 Å². The van der Waals surface area contributed by atoms with Crippen LogP contribution in [0.1, 0.15) is 42.5 Å². The van der Waals surface area contributed by atoms with Gasteiger partial charge in [0.05, 0.1) is 0 Å². The molecule has 2 N–H and O–H groups in total. The molecule has 3 unspecified atom stereocenters. The van der Waals surface area contributed by atoms with E-state index in [-0.39, 0.29) is 0 Å². The zero-order valence-electron chi connectivity index (χ0n) is 11.5. The second-order valence-electron chi connectivity index (χ2n) is 6.14. The number of benzene rings is 1. The summed E-state index contributed by atoms with van der Waals surface area (Å²) in [7, 11) is 0. The van der Waals surface area contributed by atoms with E-state index in [0.29, 0.717) is 18.0 Å². The molecule has 2 heteroatoms. The lowest BCUT2D eigenvalue weighted by atomic mass is 10.0. The van der Waals surface area contributed by atoms with Gasteiger partial charge in [0.1, 0.15) is 0 Å². The van der Waals surface area contributed by atoms with Crippen LogP contribution >= 0.6 is 0 Å². The minimum absolute atomic E-state index is 0.645. The summed E-state index contributed by atoms with van der Waals surface area (Å²) in [5.74, 6) is 0.703. The maximum Gasteiger partial charge on any atom is 0.0357 e. The molecule has 3 atom stereocenters. The van der Waals surface area contributed by atoms with Crippen LogP contribution < -0.4 is 5.73 Å². The van der Waals surface area contributed by atoms with Gasteiger partial charge in [0, 0.05) is 18.6 Å². The molecule has 1 aromatic rings. The van der Waals surface area contributed by atoms with Gasteiger partial charge >= 0.3 is 0 Å². The Bertz CT molecular complexity index is 441. The Kier molecular flexibility index (Phi) is 3.16. The van der Waals surface area contributed by atoms with Crippen molar-refractivity contribution in [3.63, 3.8) is 0 Å². The highest BCUT2D eigenvalue weighted by atomic mass is 15.2. The van der Waals surface area contributed by atoms with Gasteiger partial charge in [0.2, 0.25) is 0 Å². The van der Waals surface area contributed by atoms with Crippen molar-refractivity contribution in [1.82, 2.24) is 4.90 Å². The topological polar surface area (TPSA) is 29.3 Å². The van der Waals surface area contributed by atoms with E-state index in [1.54, 1.807) is 11.1 Å². The maximum atomic E-state index is 5.85. The van der Waals surface area contributed by atoms with Crippen molar-refractivity contribution < 1.29 is 0 Å². The van der Waals surface area contributed by atoms with E-state index < -0.39 is 0 Å². The fraction of sp³-hybridized carbons (Fsp3) is 0.625. The summed E-state index contributed by atoms with van der Waals surface area (Å²) in [5, 5.41) is 0. The molecule has 0 amide bonds. The second-order valence-corrected chi connectivity index (χ2v) is 6.14. The Morgan fingerprint density at radius 1 is 1.39 bits per heavy atom. The van der Waals surface area contributed by atoms with E-state index in [0.717, 1.165) is 6.54 Å². The largest absolute Gasteiger partial charge is 0.330 e. The second kappa shape index (κ2) is 4.67. The normalized spacial score (nSPS) is 31.8. The van der Waals surface area contributed by atoms with Crippen LogP contribution in [0.2, 0.25) is 0 Å². The van der Waals surface area contributed by atoms with Gasteiger partial charge in [-0.15, -0.1) is 0 Å². The van der Waals surface area contributed by atoms with E-state index in [1.807, 2.05) is 0 Å². The third kappa shape index (κ3) is 1.98. The highest BCUT2D eigenvalue weighted by Crippen LogP contribution is 2.40. The number of fused-ring (bicyclic) bond motifs is 1. The molecule has 0 saturated carbocycles. The van der Waals surface area contributed by atoms with Crippen LogP contribution in [0.25, 0.3) is 0 Å². The van der Waals surface area contributed by atoms with Gasteiger partial charge in [-0.3, -0.25) is 4.90 Å². The van der Waals surface area contributed by atoms with Crippen LogP contribution in [-0.2, 0) is 6.42 Å². The first kappa shape index (κ1) is 12.2. The first-order valence-corrected chi connectivity index (χ1v) is 7.24. The average Bonchev–Trinajstić information content (AvgIpc) is 2.92. The van der Waals surface area contributed by atoms with Crippen molar-refractivity contribution in [2.45, 2.75) is 45.2 Å². The van der Waals surface area contributed by atoms with Crippen LogP contribution in [-0.4, -0.2) is 24.0 Å². The molecule has 0 radical (unpaired) electrons. The number of aryl methyl sites for hydroxylation is 2. The minimum Gasteiger partial charge on any atom is -0.330 e. The molecule has 2 aliphatic rings. The molecule has 0 spiro atoms. The zero-order valence-corrected chi connectivity index (χ0v) is 11.5. The Morgan fingerprint density at radius 3 is 2.94 bits per heavy atom. The molecule has 2 nitrogen and oxygen atoms in total. The lowest BCUT2D eigenvalue weighted by Gasteiger charge is -2.29. The Morgan fingerprint density at radius 2 is 2.22 bits per heavy atom. The molecule has 1 aliphatic carbocycles. The van der Waals surface area contributed by atoms with Gasteiger partial charge < -0.3 is 5.73 Å². The van der Waals surface area contributed by atoms with E-state index in [2.05, 4.69) is 36.9 Å². The van der Waals surface area contributed by atoms with E-state index >= 15 is 0 Å². The van der Waals surface area contributed by atoms with Crippen molar-refractivity contribution in [2.75, 3.05) is 13.1 Å². The number of likely N-dealkylation sites (tertiary alicyclic amines) is 1. The van der Waals surface area contributed by atoms with Crippen LogP contribution in [0.3, 0.4) is 0 Å². The standard InChI is InChI=1S/C16H24N2/c1-11-3-4-14-5-6-16(15(14)7-11)18-10-13(9-17)8-12(18)2/h3-4,7,12-13,16H,5-6,8-10,17H2,1-2H3. The smallest absolute Gasteiger partial charge is 0.0357 e. The first-order valence-electron chi connectivity index (χ1n) is 7.24. The summed E-state index contributed by atoms with van der Waals surface area (Å²) in [6.45, 7) is 6.60. The number of nitrogens with two attached hydrogens (primary N) is 1. The molecule has 1 heterocycles. The third-order valence-corrected chi connectivity index (χ3v) is 4.79. The molecule has 18 heavy (non-hydrogen) atoms. The Hall–Kier alpha value is -0.860. The lowest BCUT2D eigenvalue weighted by Crippen LogP contribution is -2.31. The fourth-order valence-corrected chi connectivity index (χ4v) is 3.82. The van der Waals surface area contributed by atoms with Gasteiger partial charge in [-0.05, 0) is 56.7 Å². The first-order chi connectivity index (χ1) is 8.69. The fourth-order valence-electron chi connectivity index (χ4n) is 3.82. The maximum absolute atomic E-state index is 5.85.